The van der Waals surface area contributed by atoms with Gasteiger partial charge in [-0.2, -0.15) is 0 Å². The molecule has 3 aromatic rings. The van der Waals surface area contributed by atoms with Crippen LogP contribution in [0.25, 0.3) is 0 Å². The van der Waals surface area contributed by atoms with E-state index in [4.69, 9.17) is 9.15 Å². The minimum atomic E-state index is -0.174. The van der Waals surface area contributed by atoms with Crippen LogP contribution in [0.5, 0.6) is 5.75 Å². The zero-order valence-electron chi connectivity index (χ0n) is 18.7. The van der Waals surface area contributed by atoms with Crippen LogP contribution < -0.4 is 15.0 Å². The quantitative estimate of drug-likeness (QED) is 0.581. The highest BCUT2D eigenvalue weighted by molar-refractivity contribution is 5.98. The van der Waals surface area contributed by atoms with Gasteiger partial charge in [0.1, 0.15) is 11.5 Å². The molecule has 6 heteroatoms. The van der Waals surface area contributed by atoms with Crippen molar-refractivity contribution in [3.8, 4) is 5.75 Å². The van der Waals surface area contributed by atoms with Gasteiger partial charge in [-0.3, -0.25) is 9.59 Å². The monoisotopic (exact) mass is 432 g/mol. The van der Waals surface area contributed by atoms with Crippen LogP contribution >= 0.6 is 0 Å². The van der Waals surface area contributed by atoms with Crippen LogP contribution in [0.15, 0.2) is 65.3 Å². The number of nitrogens with zero attached hydrogens (tertiary/aromatic N) is 1. The first-order valence-electron chi connectivity index (χ1n) is 10.8. The van der Waals surface area contributed by atoms with Crippen molar-refractivity contribution in [2.75, 3.05) is 11.5 Å². The van der Waals surface area contributed by atoms with E-state index in [1.54, 1.807) is 29.4 Å². The van der Waals surface area contributed by atoms with E-state index in [1.165, 1.54) is 5.56 Å². The van der Waals surface area contributed by atoms with E-state index in [1.807, 2.05) is 24.3 Å². The summed E-state index contributed by atoms with van der Waals surface area (Å²) in [6, 6.07) is 17.0. The van der Waals surface area contributed by atoms with Gasteiger partial charge in [0, 0.05) is 5.56 Å². The predicted octanol–water partition coefficient (Wildman–Crippen LogP) is 4.82. The lowest BCUT2D eigenvalue weighted by Crippen LogP contribution is -2.38. The molecular formula is C26H28N2O4. The van der Waals surface area contributed by atoms with Gasteiger partial charge in [-0.1, -0.05) is 39.0 Å². The molecule has 1 aromatic heterocycles. The summed E-state index contributed by atoms with van der Waals surface area (Å²) in [5.74, 6) is 1.16. The van der Waals surface area contributed by atoms with E-state index in [0.717, 1.165) is 17.7 Å². The zero-order valence-corrected chi connectivity index (χ0v) is 18.7. The van der Waals surface area contributed by atoms with Crippen molar-refractivity contribution in [3.63, 3.8) is 0 Å². The summed E-state index contributed by atoms with van der Waals surface area (Å²) < 4.78 is 10.9. The molecule has 0 saturated heterocycles. The first-order chi connectivity index (χ1) is 15.4. The average molecular weight is 433 g/mol. The van der Waals surface area contributed by atoms with Crippen molar-refractivity contribution in [1.29, 1.82) is 0 Å². The first kappa shape index (κ1) is 21.7. The number of amides is 2. The molecule has 0 unspecified atom stereocenters. The molecule has 6 nitrogen and oxygen atoms in total. The van der Waals surface area contributed by atoms with E-state index >= 15 is 0 Å². The van der Waals surface area contributed by atoms with Crippen LogP contribution in [0.4, 0.5) is 5.69 Å². The highest BCUT2D eigenvalue weighted by atomic mass is 16.5. The van der Waals surface area contributed by atoms with Crippen molar-refractivity contribution in [1.82, 2.24) is 5.32 Å². The largest absolute Gasteiger partial charge is 0.482 e. The second-order valence-corrected chi connectivity index (χ2v) is 8.65. The number of rotatable bonds is 7. The SMILES string of the molecule is CCC(C)(C)c1ccc2c(c1)N(Cc1ccc(C(=O)NCc3ccco3)cc1)C(=O)CO2. The normalized spacial score (nSPS) is 13.5. The number of carbonyl (C=O) groups is 2. The van der Waals surface area contributed by atoms with Gasteiger partial charge in [0.15, 0.2) is 6.61 Å². The lowest BCUT2D eigenvalue weighted by Gasteiger charge is -2.32. The number of furan rings is 1. The van der Waals surface area contributed by atoms with Crippen LogP contribution in [0.1, 0.15) is 54.4 Å². The number of ether oxygens (including phenoxy) is 1. The summed E-state index contributed by atoms with van der Waals surface area (Å²) in [6.07, 6.45) is 2.57. The van der Waals surface area contributed by atoms with Crippen LogP contribution in [-0.4, -0.2) is 18.4 Å². The summed E-state index contributed by atoms with van der Waals surface area (Å²) in [6.45, 7) is 7.32. The Morgan fingerprint density at radius 2 is 1.91 bits per heavy atom. The number of carbonyl (C=O) groups excluding carboxylic acids is 2. The van der Waals surface area contributed by atoms with E-state index in [-0.39, 0.29) is 23.8 Å². The highest BCUT2D eigenvalue weighted by Crippen LogP contribution is 2.38. The molecule has 0 radical (unpaired) electrons. The van der Waals surface area contributed by atoms with Gasteiger partial charge in [-0.15, -0.1) is 0 Å². The number of hydrogen-bond donors (Lipinski definition) is 1. The van der Waals surface area contributed by atoms with Crippen LogP contribution in [-0.2, 0) is 23.3 Å². The Labute approximate surface area is 188 Å². The lowest BCUT2D eigenvalue weighted by atomic mass is 9.82. The molecule has 1 N–H and O–H groups in total. The second kappa shape index (κ2) is 8.91. The molecule has 0 aliphatic carbocycles. The Hall–Kier alpha value is -3.54. The molecule has 1 aliphatic rings. The summed E-state index contributed by atoms with van der Waals surface area (Å²) in [4.78, 5) is 26.8. The maximum absolute atomic E-state index is 12.7. The van der Waals surface area contributed by atoms with Gasteiger partial charge in [-0.05, 0) is 59.4 Å². The number of fused-ring (bicyclic) bond motifs is 1. The van der Waals surface area contributed by atoms with Gasteiger partial charge in [0.2, 0.25) is 0 Å². The van der Waals surface area contributed by atoms with Crippen LogP contribution in [0.2, 0.25) is 0 Å². The Morgan fingerprint density at radius 1 is 1.12 bits per heavy atom. The number of anilines is 1. The Bertz CT molecular complexity index is 1100. The van der Waals surface area contributed by atoms with Gasteiger partial charge in [-0.25, -0.2) is 0 Å². The summed E-state index contributed by atoms with van der Waals surface area (Å²) in [5.41, 5.74) is 3.47. The van der Waals surface area contributed by atoms with Gasteiger partial charge in [0.05, 0.1) is 25.0 Å². The molecule has 0 saturated carbocycles. The molecule has 0 spiro atoms. The topological polar surface area (TPSA) is 71.8 Å². The summed E-state index contributed by atoms with van der Waals surface area (Å²) in [5, 5.41) is 2.83. The van der Waals surface area contributed by atoms with E-state index < -0.39 is 0 Å². The van der Waals surface area contributed by atoms with E-state index in [9.17, 15) is 9.59 Å². The lowest BCUT2D eigenvalue weighted by molar-refractivity contribution is -0.121. The van der Waals surface area contributed by atoms with Crippen molar-refractivity contribution in [2.45, 2.75) is 45.7 Å². The molecule has 0 bridgehead atoms. The maximum Gasteiger partial charge on any atom is 0.265 e. The van der Waals surface area contributed by atoms with Crippen molar-refractivity contribution >= 4 is 17.5 Å². The highest BCUT2D eigenvalue weighted by Gasteiger charge is 2.28. The minimum absolute atomic E-state index is 0.00580. The van der Waals surface area contributed by atoms with Crippen molar-refractivity contribution in [2.24, 2.45) is 0 Å². The molecule has 32 heavy (non-hydrogen) atoms. The van der Waals surface area contributed by atoms with Crippen molar-refractivity contribution < 1.29 is 18.7 Å². The fraction of sp³-hybridized carbons (Fsp3) is 0.308. The molecule has 2 aromatic carbocycles. The van der Waals surface area contributed by atoms with Crippen LogP contribution in [0, 0.1) is 0 Å². The zero-order chi connectivity index (χ0) is 22.7. The molecule has 1 aliphatic heterocycles. The fourth-order valence-corrected chi connectivity index (χ4v) is 3.63. The molecule has 2 heterocycles. The Kier molecular flexibility index (Phi) is 6.04. The Morgan fingerprint density at radius 3 is 2.59 bits per heavy atom. The van der Waals surface area contributed by atoms with Gasteiger partial charge in [0.25, 0.3) is 11.8 Å². The molecule has 4 rings (SSSR count). The predicted molar refractivity (Wildman–Crippen MR) is 123 cm³/mol. The minimum Gasteiger partial charge on any atom is -0.482 e. The third-order valence-electron chi connectivity index (χ3n) is 6.13. The Balaban J connectivity index is 1.50. The molecule has 0 atom stereocenters. The van der Waals surface area contributed by atoms with Crippen molar-refractivity contribution in [3.05, 3.63) is 83.3 Å². The van der Waals surface area contributed by atoms with Gasteiger partial charge >= 0.3 is 0 Å². The fourth-order valence-electron chi connectivity index (χ4n) is 3.63. The molecule has 0 fully saturated rings. The number of hydrogen-bond acceptors (Lipinski definition) is 4. The van der Waals surface area contributed by atoms with E-state index in [0.29, 0.717) is 30.2 Å². The van der Waals surface area contributed by atoms with E-state index in [2.05, 4.69) is 38.2 Å². The smallest absolute Gasteiger partial charge is 0.265 e. The van der Waals surface area contributed by atoms with Gasteiger partial charge < -0.3 is 19.4 Å². The van der Waals surface area contributed by atoms with Crippen LogP contribution in [0.3, 0.4) is 0 Å². The number of nitrogens with one attached hydrogen (secondary N) is 1. The first-order valence-corrected chi connectivity index (χ1v) is 10.8. The third kappa shape index (κ3) is 4.54. The molecular weight excluding hydrogens is 404 g/mol. The average Bonchev–Trinajstić information content (AvgIpc) is 3.33. The summed E-state index contributed by atoms with van der Waals surface area (Å²) in [7, 11) is 0. The second-order valence-electron chi connectivity index (χ2n) is 8.65. The summed E-state index contributed by atoms with van der Waals surface area (Å²) >= 11 is 0. The molecule has 2 amide bonds. The standard InChI is InChI=1S/C26H28N2O4/c1-4-26(2,3)20-11-12-23-22(14-20)28(24(29)17-32-23)16-18-7-9-19(10-8-18)25(30)27-15-21-6-5-13-31-21/h5-14H,4,15-17H2,1-3H3,(H,27,30). The third-order valence-corrected chi connectivity index (χ3v) is 6.13. The molecule has 166 valence electrons. The number of benzene rings is 2. The maximum atomic E-state index is 12.7.